The molecule has 4 aliphatic carbocycles. The SMILES string of the molecule is CO[C@@H]1CC[C@]2(C)[C@@H]3CC[C@]4(C)[C@H](CC[C@]4(C)[C@H](C)O)[C@@H]3CC[C@]2(C)C1. The van der Waals surface area contributed by atoms with Gasteiger partial charge in [0.05, 0.1) is 12.2 Å². The molecule has 0 saturated heterocycles. The number of hydrogen-bond acceptors (Lipinski definition) is 2. The summed E-state index contributed by atoms with van der Waals surface area (Å²) in [4.78, 5) is 0. The van der Waals surface area contributed by atoms with Crippen molar-refractivity contribution in [1.82, 2.24) is 0 Å². The summed E-state index contributed by atoms with van der Waals surface area (Å²) in [6.07, 6.45) is 12.2. The molecule has 4 saturated carbocycles. The largest absolute Gasteiger partial charge is 0.393 e. The molecule has 150 valence electrons. The Balaban J connectivity index is 1.64. The Morgan fingerprint density at radius 3 is 2.12 bits per heavy atom. The van der Waals surface area contributed by atoms with Gasteiger partial charge in [-0.25, -0.2) is 0 Å². The van der Waals surface area contributed by atoms with Crippen molar-refractivity contribution in [3.63, 3.8) is 0 Å². The third-order valence-electron chi connectivity index (χ3n) is 11.3. The minimum Gasteiger partial charge on any atom is -0.393 e. The van der Waals surface area contributed by atoms with Crippen LogP contribution in [0, 0.1) is 39.4 Å². The van der Waals surface area contributed by atoms with Crippen LogP contribution < -0.4 is 0 Å². The second kappa shape index (κ2) is 5.96. The molecule has 26 heavy (non-hydrogen) atoms. The van der Waals surface area contributed by atoms with Gasteiger partial charge in [0.25, 0.3) is 0 Å². The third kappa shape index (κ3) is 2.24. The molecule has 0 aromatic heterocycles. The predicted molar refractivity (Wildman–Crippen MR) is 107 cm³/mol. The van der Waals surface area contributed by atoms with Crippen molar-refractivity contribution in [2.24, 2.45) is 39.4 Å². The van der Waals surface area contributed by atoms with Crippen LogP contribution in [0.4, 0.5) is 0 Å². The summed E-state index contributed by atoms with van der Waals surface area (Å²) >= 11 is 0. The molecule has 0 amide bonds. The van der Waals surface area contributed by atoms with E-state index in [9.17, 15) is 5.11 Å². The second-order valence-corrected chi connectivity index (χ2v) is 11.6. The number of hydrogen-bond donors (Lipinski definition) is 1. The normalized spacial score (nSPS) is 57.8. The number of aliphatic hydroxyl groups excluding tert-OH is 1. The number of rotatable bonds is 2. The van der Waals surface area contributed by atoms with Crippen LogP contribution in [0.2, 0.25) is 0 Å². The number of methoxy groups -OCH3 is 1. The zero-order valence-electron chi connectivity index (χ0n) is 18.1. The highest BCUT2D eigenvalue weighted by molar-refractivity contribution is 5.15. The van der Waals surface area contributed by atoms with Crippen LogP contribution in [-0.4, -0.2) is 24.4 Å². The van der Waals surface area contributed by atoms with Crippen LogP contribution in [0.15, 0.2) is 0 Å². The molecule has 0 aromatic carbocycles. The first-order chi connectivity index (χ1) is 12.1. The smallest absolute Gasteiger partial charge is 0.0577 e. The summed E-state index contributed by atoms with van der Waals surface area (Å²) in [5, 5.41) is 10.6. The van der Waals surface area contributed by atoms with Crippen LogP contribution in [0.5, 0.6) is 0 Å². The van der Waals surface area contributed by atoms with Gasteiger partial charge in [-0.3, -0.25) is 0 Å². The molecule has 0 unspecified atom stereocenters. The maximum absolute atomic E-state index is 10.6. The van der Waals surface area contributed by atoms with Gasteiger partial charge in [-0.2, -0.15) is 0 Å². The maximum Gasteiger partial charge on any atom is 0.0577 e. The Morgan fingerprint density at radius 1 is 0.846 bits per heavy atom. The molecule has 0 aliphatic heterocycles. The first kappa shape index (κ1) is 19.2. The fourth-order valence-corrected chi connectivity index (χ4v) is 8.78. The standard InChI is InChI=1S/C24H42O2/c1-16(25)22(3)13-9-20-18-8-11-21(2)15-17(26-6)7-12-23(21,4)19(18)10-14-24(20,22)5/h16-20,25H,7-15H2,1-6H3/t16-,17+,18+,19+,20+,21+,22+,23+,24+/m0/s1. The van der Waals surface area contributed by atoms with Gasteiger partial charge in [0.2, 0.25) is 0 Å². The summed E-state index contributed by atoms with van der Waals surface area (Å²) in [5.74, 6) is 2.59. The molecule has 4 rings (SSSR count). The fourth-order valence-electron chi connectivity index (χ4n) is 8.78. The lowest BCUT2D eigenvalue weighted by Gasteiger charge is -2.66. The van der Waals surface area contributed by atoms with E-state index in [4.69, 9.17) is 4.74 Å². The van der Waals surface area contributed by atoms with Crippen LogP contribution in [0.25, 0.3) is 0 Å². The first-order valence-corrected chi connectivity index (χ1v) is 11.3. The van der Waals surface area contributed by atoms with Gasteiger partial charge in [0.15, 0.2) is 0 Å². The summed E-state index contributed by atoms with van der Waals surface area (Å²) in [6, 6.07) is 0. The molecule has 4 aliphatic rings. The quantitative estimate of drug-likeness (QED) is 0.670. The highest BCUT2D eigenvalue weighted by Gasteiger charge is 2.66. The van der Waals surface area contributed by atoms with E-state index in [2.05, 4.69) is 27.7 Å². The van der Waals surface area contributed by atoms with Crippen molar-refractivity contribution in [3.8, 4) is 0 Å². The summed E-state index contributed by atoms with van der Waals surface area (Å²) in [5.41, 5.74) is 1.37. The number of aliphatic hydroxyl groups is 1. The predicted octanol–water partition coefficient (Wildman–Crippen LogP) is 5.82. The van der Waals surface area contributed by atoms with Gasteiger partial charge in [-0.05, 0) is 104 Å². The fraction of sp³-hybridized carbons (Fsp3) is 1.00. The summed E-state index contributed by atoms with van der Waals surface area (Å²) < 4.78 is 5.80. The lowest BCUT2D eigenvalue weighted by molar-refractivity contribution is -0.184. The molecule has 0 spiro atoms. The van der Waals surface area contributed by atoms with E-state index in [-0.39, 0.29) is 11.5 Å². The van der Waals surface area contributed by atoms with Crippen LogP contribution >= 0.6 is 0 Å². The molecular formula is C24H42O2. The summed E-state index contributed by atoms with van der Waals surface area (Å²) in [7, 11) is 1.91. The molecule has 0 aromatic rings. The molecule has 0 heterocycles. The maximum atomic E-state index is 10.6. The lowest BCUT2D eigenvalue weighted by atomic mass is 9.39. The summed E-state index contributed by atoms with van der Waals surface area (Å²) in [6.45, 7) is 12.2. The average molecular weight is 363 g/mol. The van der Waals surface area contributed by atoms with E-state index in [1.165, 1.54) is 57.8 Å². The minimum atomic E-state index is -0.185. The Kier molecular flexibility index (Phi) is 4.41. The van der Waals surface area contributed by atoms with E-state index < -0.39 is 0 Å². The van der Waals surface area contributed by atoms with Crippen LogP contribution in [0.1, 0.15) is 92.4 Å². The molecule has 0 bridgehead atoms. The monoisotopic (exact) mass is 362 g/mol. The van der Waals surface area contributed by atoms with Crippen molar-refractivity contribution >= 4 is 0 Å². The highest BCUT2D eigenvalue weighted by atomic mass is 16.5. The zero-order chi connectivity index (χ0) is 19.0. The van der Waals surface area contributed by atoms with Gasteiger partial charge in [-0.1, -0.05) is 27.7 Å². The van der Waals surface area contributed by atoms with Gasteiger partial charge in [0.1, 0.15) is 0 Å². The molecule has 4 fully saturated rings. The molecule has 1 N–H and O–H groups in total. The topological polar surface area (TPSA) is 29.5 Å². The first-order valence-electron chi connectivity index (χ1n) is 11.3. The highest BCUT2D eigenvalue weighted by Crippen LogP contribution is 2.73. The van der Waals surface area contributed by atoms with Crippen molar-refractivity contribution in [1.29, 1.82) is 0 Å². The van der Waals surface area contributed by atoms with E-state index >= 15 is 0 Å². The zero-order valence-corrected chi connectivity index (χ0v) is 18.1. The Bertz CT molecular complexity index is 558. The Morgan fingerprint density at radius 2 is 1.46 bits per heavy atom. The molecule has 0 radical (unpaired) electrons. The minimum absolute atomic E-state index is 0.109. The van der Waals surface area contributed by atoms with Gasteiger partial charge in [-0.15, -0.1) is 0 Å². The molecule has 9 atom stereocenters. The van der Waals surface area contributed by atoms with Crippen LogP contribution in [-0.2, 0) is 4.74 Å². The van der Waals surface area contributed by atoms with Gasteiger partial charge in [0, 0.05) is 7.11 Å². The van der Waals surface area contributed by atoms with Crippen molar-refractivity contribution < 1.29 is 9.84 Å². The van der Waals surface area contributed by atoms with E-state index in [1.54, 1.807) is 0 Å². The van der Waals surface area contributed by atoms with E-state index in [0.29, 0.717) is 22.3 Å². The second-order valence-electron chi connectivity index (χ2n) is 11.6. The lowest BCUT2D eigenvalue weighted by Crippen LogP contribution is -2.59. The van der Waals surface area contributed by atoms with Gasteiger partial charge < -0.3 is 9.84 Å². The van der Waals surface area contributed by atoms with Crippen molar-refractivity contribution in [3.05, 3.63) is 0 Å². The number of ether oxygens (including phenoxy) is 1. The third-order valence-corrected chi connectivity index (χ3v) is 11.3. The number of fused-ring (bicyclic) bond motifs is 5. The van der Waals surface area contributed by atoms with Crippen molar-refractivity contribution in [2.75, 3.05) is 7.11 Å². The van der Waals surface area contributed by atoms with E-state index in [0.717, 1.165) is 17.8 Å². The van der Waals surface area contributed by atoms with Crippen LogP contribution in [0.3, 0.4) is 0 Å². The molecule has 2 nitrogen and oxygen atoms in total. The average Bonchev–Trinajstić information content (AvgIpc) is 2.88. The van der Waals surface area contributed by atoms with Crippen molar-refractivity contribution in [2.45, 2.75) is 105 Å². The van der Waals surface area contributed by atoms with E-state index in [1.807, 2.05) is 14.0 Å². The molecule has 2 heteroatoms. The molecular weight excluding hydrogens is 320 g/mol. The van der Waals surface area contributed by atoms with Gasteiger partial charge >= 0.3 is 0 Å². The Hall–Kier alpha value is -0.0800. The Labute approximate surface area is 161 Å².